The van der Waals surface area contributed by atoms with Crippen LogP contribution >= 0.6 is 15.9 Å². The first-order valence-electron chi connectivity index (χ1n) is 4.12. The maximum absolute atomic E-state index is 11.4. The van der Waals surface area contributed by atoms with Gasteiger partial charge in [0.2, 0.25) is 0 Å². The largest absolute Gasteiger partial charge is 0.467 e. The van der Waals surface area contributed by atoms with Crippen molar-refractivity contribution in [2.45, 2.75) is 12.5 Å². The van der Waals surface area contributed by atoms with Crippen LogP contribution in [0.1, 0.15) is 12.5 Å². The molecule has 1 aromatic rings. The average molecular weight is 258 g/mol. The molecule has 3 nitrogen and oxygen atoms in total. The van der Waals surface area contributed by atoms with E-state index in [1.54, 1.807) is 19.1 Å². The highest BCUT2D eigenvalue weighted by molar-refractivity contribution is 9.10. The molecule has 0 fully saturated rings. The molecule has 1 atom stereocenters. The Kier molecular flexibility index (Phi) is 3.29. The number of rotatable bonds is 2. The smallest absolute Gasteiger partial charge is 0.330 e. The number of carbonyl (C=O) groups excluding carboxylic acids is 1. The quantitative estimate of drug-likeness (QED) is 0.823. The molecule has 14 heavy (non-hydrogen) atoms. The highest BCUT2D eigenvalue weighted by atomic mass is 79.9. The Morgan fingerprint density at radius 3 is 2.36 bits per heavy atom. The molecule has 0 aliphatic heterocycles. The maximum atomic E-state index is 11.4. The molecule has 0 spiro atoms. The van der Waals surface area contributed by atoms with Gasteiger partial charge in [0.25, 0.3) is 0 Å². The van der Waals surface area contributed by atoms with Crippen molar-refractivity contribution in [2.24, 2.45) is 5.73 Å². The minimum atomic E-state index is -1.09. The molecule has 0 saturated carbocycles. The standard InChI is InChI=1S/C10H12BrNO2/c1-10(12,9(13)14-2)7-3-5-8(11)6-4-7/h3-6H,12H2,1-2H3/t10-/m1/s1. The number of hydrogen-bond donors (Lipinski definition) is 1. The molecule has 76 valence electrons. The van der Waals surface area contributed by atoms with Crippen LogP contribution in [0.4, 0.5) is 0 Å². The summed E-state index contributed by atoms with van der Waals surface area (Å²) in [5.41, 5.74) is 5.49. The van der Waals surface area contributed by atoms with Gasteiger partial charge in [0, 0.05) is 4.47 Å². The number of ether oxygens (including phenoxy) is 1. The number of carbonyl (C=O) groups is 1. The lowest BCUT2D eigenvalue weighted by Gasteiger charge is -2.21. The molecular weight excluding hydrogens is 246 g/mol. The Morgan fingerprint density at radius 1 is 1.43 bits per heavy atom. The lowest BCUT2D eigenvalue weighted by Crippen LogP contribution is -2.42. The van der Waals surface area contributed by atoms with Crippen LogP contribution in [-0.2, 0) is 15.1 Å². The summed E-state index contributed by atoms with van der Waals surface area (Å²) in [6.07, 6.45) is 0. The summed E-state index contributed by atoms with van der Waals surface area (Å²) in [7, 11) is 1.33. The Morgan fingerprint density at radius 2 is 1.93 bits per heavy atom. The Labute approximate surface area is 91.4 Å². The van der Waals surface area contributed by atoms with Crippen molar-refractivity contribution in [1.29, 1.82) is 0 Å². The zero-order valence-corrected chi connectivity index (χ0v) is 9.67. The van der Waals surface area contributed by atoms with E-state index >= 15 is 0 Å². The zero-order chi connectivity index (χ0) is 10.8. The molecular formula is C10H12BrNO2. The third-order valence-electron chi connectivity index (χ3n) is 2.05. The van der Waals surface area contributed by atoms with E-state index in [0.29, 0.717) is 0 Å². The fourth-order valence-electron chi connectivity index (χ4n) is 1.13. The van der Waals surface area contributed by atoms with E-state index in [9.17, 15) is 4.79 Å². The van der Waals surface area contributed by atoms with E-state index in [4.69, 9.17) is 5.73 Å². The van der Waals surface area contributed by atoms with Gasteiger partial charge >= 0.3 is 5.97 Å². The summed E-state index contributed by atoms with van der Waals surface area (Å²) in [5, 5.41) is 0. The van der Waals surface area contributed by atoms with Crippen molar-refractivity contribution in [2.75, 3.05) is 7.11 Å². The summed E-state index contributed by atoms with van der Waals surface area (Å²) >= 11 is 3.31. The van der Waals surface area contributed by atoms with Crippen molar-refractivity contribution >= 4 is 21.9 Å². The molecule has 1 rings (SSSR count). The van der Waals surface area contributed by atoms with Gasteiger partial charge in [-0.15, -0.1) is 0 Å². The third-order valence-corrected chi connectivity index (χ3v) is 2.58. The molecule has 0 saturated heterocycles. The van der Waals surface area contributed by atoms with Crippen LogP contribution < -0.4 is 5.73 Å². The third kappa shape index (κ3) is 2.13. The van der Waals surface area contributed by atoms with Gasteiger partial charge in [-0.3, -0.25) is 0 Å². The average Bonchev–Trinajstić information content (AvgIpc) is 2.17. The predicted octanol–water partition coefficient (Wildman–Crippen LogP) is 1.80. The van der Waals surface area contributed by atoms with Gasteiger partial charge in [0.15, 0.2) is 0 Å². The van der Waals surface area contributed by atoms with Gasteiger partial charge in [0.1, 0.15) is 5.54 Å². The second kappa shape index (κ2) is 4.11. The Balaban J connectivity index is 3.03. The molecule has 0 aliphatic rings. The van der Waals surface area contributed by atoms with E-state index in [0.717, 1.165) is 10.0 Å². The first-order chi connectivity index (χ1) is 6.48. The fraction of sp³-hybridized carbons (Fsp3) is 0.300. The summed E-state index contributed by atoms with van der Waals surface area (Å²) < 4.78 is 5.57. The van der Waals surface area contributed by atoms with Gasteiger partial charge in [-0.2, -0.15) is 0 Å². The van der Waals surface area contributed by atoms with Crippen LogP contribution in [0.3, 0.4) is 0 Å². The first kappa shape index (κ1) is 11.2. The van der Waals surface area contributed by atoms with Crippen molar-refractivity contribution < 1.29 is 9.53 Å². The summed E-state index contributed by atoms with van der Waals surface area (Å²) in [4.78, 5) is 11.4. The molecule has 0 radical (unpaired) electrons. The molecule has 0 unspecified atom stereocenters. The van der Waals surface area contributed by atoms with Crippen LogP contribution in [0, 0.1) is 0 Å². The fourth-order valence-corrected chi connectivity index (χ4v) is 1.39. The number of nitrogens with two attached hydrogens (primary N) is 1. The Bertz CT molecular complexity index is 332. The second-order valence-corrected chi connectivity index (χ2v) is 4.12. The molecule has 0 amide bonds. The highest BCUT2D eigenvalue weighted by Crippen LogP contribution is 2.21. The van der Waals surface area contributed by atoms with E-state index in [-0.39, 0.29) is 0 Å². The van der Waals surface area contributed by atoms with Crippen LogP contribution in [0.2, 0.25) is 0 Å². The zero-order valence-electron chi connectivity index (χ0n) is 8.08. The maximum Gasteiger partial charge on any atom is 0.330 e. The van der Waals surface area contributed by atoms with Crippen molar-refractivity contribution in [1.82, 2.24) is 0 Å². The van der Waals surface area contributed by atoms with Crippen molar-refractivity contribution in [3.63, 3.8) is 0 Å². The van der Waals surface area contributed by atoms with E-state index < -0.39 is 11.5 Å². The van der Waals surface area contributed by atoms with Gasteiger partial charge < -0.3 is 10.5 Å². The number of esters is 1. The summed E-state index contributed by atoms with van der Waals surface area (Å²) in [5.74, 6) is -0.445. The second-order valence-electron chi connectivity index (χ2n) is 3.20. The number of methoxy groups -OCH3 is 1. The van der Waals surface area contributed by atoms with Crippen LogP contribution in [0.15, 0.2) is 28.7 Å². The topological polar surface area (TPSA) is 52.3 Å². The predicted molar refractivity (Wildman–Crippen MR) is 57.7 cm³/mol. The van der Waals surface area contributed by atoms with Gasteiger partial charge in [0.05, 0.1) is 7.11 Å². The molecule has 0 aromatic heterocycles. The van der Waals surface area contributed by atoms with Crippen LogP contribution in [-0.4, -0.2) is 13.1 Å². The monoisotopic (exact) mass is 257 g/mol. The molecule has 0 aliphatic carbocycles. The molecule has 4 heteroatoms. The van der Waals surface area contributed by atoms with Gasteiger partial charge in [-0.05, 0) is 24.6 Å². The number of benzene rings is 1. The highest BCUT2D eigenvalue weighted by Gasteiger charge is 2.31. The van der Waals surface area contributed by atoms with Gasteiger partial charge in [-0.1, -0.05) is 28.1 Å². The number of hydrogen-bond acceptors (Lipinski definition) is 3. The lowest BCUT2D eigenvalue weighted by molar-refractivity contribution is -0.146. The van der Waals surface area contributed by atoms with Crippen LogP contribution in [0.5, 0.6) is 0 Å². The molecule has 0 heterocycles. The summed E-state index contributed by atoms with van der Waals surface area (Å²) in [6.45, 7) is 1.63. The summed E-state index contributed by atoms with van der Waals surface area (Å²) in [6, 6.07) is 7.26. The normalized spacial score (nSPS) is 14.6. The SMILES string of the molecule is COC(=O)[C@](C)(N)c1ccc(Br)cc1. The molecule has 2 N–H and O–H groups in total. The minimum absolute atomic E-state index is 0.445. The van der Waals surface area contributed by atoms with E-state index in [1.165, 1.54) is 7.11 Å². The minimum Gasteiger partial charge on any atom is -0.467 e. The lowest BCUT2D eigenvalue weighted by atomic mass is 9.93. The van der Waals surface area contributed by atoms with Crippen LogP contribution in [0.25, 0.3) is 0 Å². The molecule has 0 bridgehead atoms. The van der Waals surface area contributed by atoms with Gasteiger partial charge in [-0.25, -0.2) is 4.79 Å². The molecule has 1 aromatic carbocycles. The Hall–Kier alpha value is -0.870. The van der Waals surface area contributed by atoms with E-state index in [2.05, 4.69) is 20.7 Å². The van der Waals surface area contributed by atoms with E-state index in [1.807, 2.05) is 12.1 Å². The van der Waals surface area contributed by atoms with Crippen molar-refractivity contribution in [3.05, 3.63) is 34.3 Å². The number of halogens is 1. The first-order valence-corrected chi connectivity index (χ1v) is 4.91. The van der Waals surface area contributed by atoms with Crippen molar-refractivity contribution in [3.8, 4) is 0 Å².